The molecular weight excluding hydrogens is 328 g/mol. The summed E-state index contributed by atoms with van der Waals surface area (Å²) in [5.74, 6) is 0. The summed E-state index contributed by atoms with van der Waals surface area (Å²) >= 11 is 6.44. The van der Waals surface area contributed by atoms with Crippen LogP contribution in [0.25, 0.3) is 11.1 Å². The van der Waals surface area contributed by atoms with E-state index < -0.39 is 0 Å². The van der Waals surface area contributed by atoms with E-state index in [9.17, 15) is 0 Å². The van der Waals surface area contributed by atoms with E-state index in [1.807, 2.05) is 30.3 Å². The summed E-state index contributed by atoms with van der Waals surface area (Å²) in [6, 6.07) is 21.3. The minimum absolute atomic E-state index is 0.0417. The van der Waals surface area contributed by atoms with E-state index in [0.29, 0.717) is 0 Å². The predicted octanol–water partition coefficient (Wildman–Crippen LogP) is 4.46. The lowest BCUT2D eigenvalue weighted by molar-refractivity contribution is 1.61. The van der Waals surface area contributed by atoms with Crippen molar-refractivity contribution in [1.29, 1.82) is 0 Å². The molecule has 0 bridgehead atoms. The number of benzene rings is 2. The Kier molecular flexibility index (Phi) is 7.35. The second kappa shape index (κ2) is 8.33. The number of hydrogen-bond donors (Lipinski definition) is 0. The second-order valence-corrected chi connectivity index (χ2v) is 10.8. The van der Waals surface area contributed by atoms with Crippen LogP contribution in [0, 0.1) is 6.07 Å². The van der Waals surface area contributed by atoms with Crippen molar-refractivity contribution in [2.75, 3.05) is 0 Å². The summed E-state index contributed by atoms with van der Waals surface area (Å²) in [7, 11) is 0. The fourth-order valence-corrected chi connectivity index (χ4v) is 1.21. The molecule has 0 atom stereocenters. The quantitative estimate of drug-likeness (QED) is 0.674. The van der Waals surface area contributed by atoms with E-state index in [1.54, 1.807) is 0 Å². The molecule has 2 aromatic rings. The Morgan fingerprint density at radius 2 is 1.27 bits per heavy atom. The standard InChI is InChI=1S/C12H9.2BrH.Mg/c1-3-7-11(8-4-1)12-9-5-2-6-10-12;;;/h1,3-10H;2*1H;/q;;;+2/p-2. The van der Waals surface area contributed by atoms with Gasteiger partial charge in [0.05, 0.1) is 0 Å². The lowest BCUT2D eigenvalue weighted by Gasteiger charge is -1.98. The van der Waals surface area contributed by atoms with Gasteiger partial charge in [0.1, 0.15) is 0 Å². The zero-order valence-corrected chi connectivity index (χ0v) is 12.7. The van der Waals surface area contributed by atoms with E-state index >= 15 is 0 Å². The zero-order valence-electron chi connectivity index (χ0n) is 8.16. The largest absolute Gasteiger partial charge is 0.560 e. The SMILES string of the molecule is [Br][Mg][Br].[c]1ccc(-c2ccccc2)cc1. The lowest BCUT2D eigenvalue weighted by atomic mass is 10.1. The average molecular weight is 337 g/mol. The maximum atomic E-state index is 3.20. The van der Waals surface area contributed by atoms with Gasteiger partial charge in [-0.25, -0.2) is 0 Å². The Morgan fingerprint density at radius 1 is 0.800 bits per heavy atom. The molecule has 0 N–H and O–H groups in total. The van der Waals surface area contributed by atoms with Crippen molar-refractivity contribution in [3.63, 3.8) is 0 Å². The molecule has 0 fully saturated rings. The van der Waals surface area contributed by atoms with Gasteiger partial charge in [0, 0.05) is 0 Å². The van der Waals surface area contributed by atoms with Crippen LogP contribution in [-0.2, 0) is 0 Å². The third kappa shape index (κ3) is 5.16. The first-order valence-corrected chi connectivity index (χ1v) is 12.3. The molecule has 1 radical (unpaired) electrons. The van der Waals surface area contributed by atoms with Gasteiger partial charge in [0.2, 0.25) is 0 Å². The maximum Gasteiger partial charge on any atom is 0.560 e. The Balaban J connectivity index is 0.000000337. The molecule has 0 aliphatic carbocycles. The highest BCUT2D eigenvalue weighted by Crippen LogP contribution is 2.16. The molecule has 0 aromatic heterocycles. The first-order chi connectivity index (χ1) is 7.38. The Bertz CT molecular complexity index is 324. The van der Waals surface area contributed by atoms with Crippen LogP contribution in [0.3, 0.4) is 0 Å². The fourth-order valence-electron chi connectivity index (χ4n) is 1.21. The molecule has 73 valence electrons. The predicted molar refractivity (Wildman–Crippen MR) is 74.3 cm³/mol. The second-order valence-electron chi connectivity index (χ2n) is 2.76. The van der Waals surface area contributed by atoms with Gasteiger partial charge in [-0.2, -0.15) is 0 Å². The van der Waals surface area contributed by atoms with Crippen molar-refractivity contribution in [1.82, 2.24) is 0 Å². The molecule has 0 aliphatic heterocycles. The lowest BCUT2D eigenvalue weighted by Crippen LogP contribution is -1.73. The van der Waals surface area contributed by atoms with Crippen molar-refractivity contribution in [3.8, 4) is 11.1 Å². The van der Waals surface area contributed by atoms with E-state index in [-0.39, 0.29) is 16.0 Å². The van der Waals surface area contributed by atoms with Crippen molar-refractivity contribution in [3.05, 3.63) is 60.7 Å². The molecule has 0 spiro atoms. The zero-order chi connectivity index (χ0) is 10.9. The van der Waals surface area contributed by atoms with Gasteiger partial charge in [-0.1, -0.05) is 54.6 Å². The van der Waals surface area contributed by atoms with Crippen LogP contribution in [0.15, 0.2) is 54.6 Å². The van der Waals surface area contributed by atoms with E-state index in [4.69, 9.17) is 0 Å². The Hall–Kier alpha value is 0.166. The summed E-state index contributed by atoms with van der Waals surface area (Å²) in [5.41, 5.74) is 2.50. The molecule has 0 nitrogen and oxygen atoms in total. The summed E-state index contributed by atoms with van der Waals surface area (Å²) in [4.78, 5) is 0. The molecule has 0 amide bonds. The summed E-state index contributed by atoms with van der Waals surface area (Å²) < 4.78 is 0. The molecule has 3 heteroatoms. The summed E-state index contributed by atoms with van der Waals surface area (Å²) in [6.45, 7) is 0. The molecule has 0 saturated heterocycles. The van der Waals surface area contributed by atoms with Crippen LogP contribution in [0.2, 0.25) is 0 Å². The molecule has 2 rings (SSSR count). The maximum absolute atomic E-state index is 3.20. The molecule has 0 aliphatic rings. The minimum atomic E-state index is 0.0417. The fraction of sp³-hybridized carbons (Fsp3) is 0. The first-order valence-electron chi connectivity index (χ1n) is 4.52. The highest BCUT2D eigenvalue weighted by molar-refractivity contribution is 9.47. The van der Waals surface area contributed by atoms with Crippen molar-refractivity contribution in [2.45, 2.75) is 0 Å². The summed E-state index contributed by atoms with van der Waals surface area (Å²) in [5, 5.41) is 0. The van der Waals surface area contributed by atoms with Crippen LogP contribution in [0.5, 0.6) is 0 Å². The van der Waals surface area contributed by atoms with Crippen LogP contribution in [0.1, 0.15) is 0 Å². The van der Waals surface area contributed by atoms with E-state index in [0.717, 1.165) is 0 Å². The Morgan fingerprint density at radius 3 is 1.80 bits per heavy atom. The normalized spacial score (nSPS) is 8.40. The first kappa shape index (κ1) is 13.2. The molecular formula is C12H9Br2Mg. The average Bonchev–Trinajstić information content (AvgIpc) is 2.32. The van der Waals surface area contributed by atoms with Gasteiger partial charge < -0.3 is 0 Å². The van der Waals surface area contributed by atoms with Crippen molar-refractivity contribution >= 4 is 41.8 Å². The highest BCUT2D eigenvalue weighted by Gasteiger charge is 1.91. The third-order valence-electron chi connectivity index (χ3n) is 1.83. The topological polar surface area (TPSA) is 0 Å². The molecule has 0 unspecified atom stereocenters. The number of hydrogen-bond acceptors (Lipinski definition) is 0. The highest BCUT2D eigenvalue weighted by atomic mass is 79.9. The van der Waals surface area contributed by atoms with Crippen LogP contribution in [-0.4, -0.2) is 16.0 Å². The monoisotopic (exact) mass is 335 g/mol. The van der Waals surface area contributed by atoms with Gasteiger partial charge in [-0.05, 0) is 17.2 Å². The van der Waals surface area contributed by atoms with Gasteiger partial charge in [-0.3, -0.25) is 25.8 Å². The molecule has 0 heterocycles. The smallest absolute Gasteiger partial charge is 0.280 e. The van der Waals surface area contributed by atoms with E-state index in [1.165, 1.54) is 11.1 Å². The van der Waals surface area contributed by atoms with Gasteiger partial charge in [0.15, 0.2) is 0 Å². The van der Waals surface area contributed by atoms with Crippen LogP contribution < -0.4 is 0 Å². The molecule has 0 saturated carbocycles. The Labute approximate surface area is 113 Å². The van der Waals surface area contributed by atoms with Crippen molar-refractivity contribution in [2.24, 2.45) is 0 Å². The van der Waals surface area contributed by atoms with Crippen LogP contribution in [0.4, 0.5) is 0 Å². The number of halogens is 2. The minimum Gasteiger partial charge on any atom is -0.280 e. The number of rotatable bonds is 1. The van der Waals surface area contributed by atoms with Crippen LogP contribution >= 0.6 is 25.8 Å². The third-order valence-corrected chi connectivity index (χ3v) is 1.83. The van der Waals surface area contributed by atoms with Gasteiger partial charge >= 0.3 is 16.0 Å². The van der Waals surface area contributed by atoms with Crippen molar-refractivity contribution < 1.29 is 0 Å². The summed E-state index contributed by atoms with van der Waals surface area (Å²) in [6.07, 6.45) is 0. The molecule has 15 heavy (non-hydrogen) atoms. The molecule has 2 aromatic carbocycles. The van der Waals surface area contributed by atoms with E-state index in [2.05, 4.69) is 56.1 Å². The van der Waals surface area contributed by atoms with Gasteiger partial charge in [0.25, 0.3) is 0 Å². The van der Waals surface area contributed by atoms with Gasteiger partial charge in [-0.15, -0.1) is 0 Å².